The first-order valence-electron chi connectivity index (χ1n) is 7.02. The zero-order valence-corrected chi connectivity index (χ0v) is 14.3. The topological polar surface area (TPSA) is 30.5 Å². The van der Waals surface area contributed by atoms with Crippen LogP contribution in [0.1, 0.15) is 18.1 Å². The molecule has 2 aromatic rings. The fourth-order valence-electron chi connectivity index (χ4n) is 2.60. The number of rotatable bonds is 4. The van der Waals surface area contributed by atoms with E-state index in [2.05, 4.69) is 59.1 Å². The summed E-state index contributed by atoms with van der Waals surface area (Å²) in [6, 6.07) is 12.5. The average molecular weight is 395 g/mol. The van der Waals surface area contributed by atoms with Gasteiger partial charge in [-0.2, -0.15) is 0 Å². The summed E-state index contributed by atoms with van der Waals surface area (Å²) in [4.78, 5) is 0. The molecule has 0 bridgehead atoms. The van der Waals surface area contributed by atoms with E-state index in [0.29, 0.717) is 6.54 Å². The third kappa shape index (κ3) is 3.10. The van der Waals surface area contributed by atoms with Crippen LogP contribution in [-0.2, 0) is 13.0 Å². The molecule has 110 valence electrons. The summed E-state index contributed by atoms with van der Waals surface area (Å²) in [6.45, 7) is 2.81. The van der Waals surface area contributed by atoms with Gasteiger partial charge in [0, 0.05) is 33.4 Å². The summed E-state index contributed by atoms with van der Waals surface area (Å²) in [5, 5.41) is 3.46. The van der Waals surface area contributed by atoms with Crippen LogP contribution in [0.15, 0.2) is 36.4 Å². The van der Waals surface area contributed by atoms with Crippen LogP contribution in [0.5, 0.6) is 11.5 Å². The molecule has 1 N–H and O–H groups in total. The van der Waals surface area contributed by atoms with Crippen LogP contribution in [0.2, 0.25) is 0 Å². The Bertz CT molecular complexity index is 657. The number of halogens is 1. The monoisotopic (exact) mass is 395 g/mol. The van der Waals surface area contributed by atoms with E-state index >= 15 is 0 Å². The van der Waals surface area contributed by atoms with Gasteiger partial charge in [-0.1, -0.05) is 12.1 Å². The Hall–Kier alpha value is -1.43. The maximum absolute atomic E-state index is 5.84. The van der Waals surface area contributed by atoms with Crippen LogP contribution in [0.3, 0.4) is 0 Å². The Balaban J connectivity index is 1.82. The lowest BCUT2D eigenvalue weighted by atomic mass is 10.1. The third-order valence-electron chi connectivity index (χ3n) is 3.64. The number of ether oxygens (including phenoxy) is 2. The minimum Gasteiger partial charge on any atom is -0.496 e. The van der Waals surface area contributed by atoms with Gasteiger partial charge in [0.05, 0.1) is 7.11 Å². The number of methoxy groups -OCH3 is 1. The van der Waals surface area contributed by atoms with Crippen molar-refractivity contribution in [1.29, 1.82) is 0 Å². The summed E-state index contributed by atoms with van der Waals surface area (Å²) in [6.07, 6.45) is 1.21. The Labute approximate surface area is 138 Å². The minimum absolute atomic E-state index is 0.253. The second kappa shape index (κ2) is 6.13. The fourth-order valence-corrected chi connectivity index (χ4v) is 3.18. The SMILES string of the molecule is COc1cc2c(cc1CNc1ccccc1I)OC(C)C2. The lowest BCUT2D eigenvalue weighted by Gasteiger charge is -2.13. The number of hydrogen-bond donors (Lipinski definition) is 1. The van der Waals surface area contributed by atoms with Gasteiger partial charge in [0.25, 0.3) is 0 Å². The predicted molar refractivity (Wildman–Crippen MR) is 93.3 cm³/mol. The quantitative estimate of drug-likeness (QED) is 0.786. The van der Waals surface area contributed by atoms with Gasteiger partial charge < -0.3 is 14.8 Å². The van der Waals surface area contributed by atoms with E-state index in [1.165, 1.54) is 9.13 Å². The fraction of sp³-hybridized carbons (Fsp3) is 0.294. The van der Waals surface area contributed by atoms with Gasteiger partial charge in [0.15, 0.2) is 0 Å². The molecule has 1 aliphatic rings. The normalized spacial score (nSPS) is 16.2. The van der Waals surface area contributed by atoms with Crippen molar-refractivity contribution < 1.29 is 9.47 Å². The summed E-state index contributed by atoms with van der Waals surface area (Å²) in [7, 11) is 1.72. The molecule has 0 aliphatic carbocycles. The molecule has 0 spiro atoms. The first kappa shape index (κ1) is 14.5. The molecule has 1 aliphatic heterocycles. The zero-order chi connectivity index (χ0) is 14.8. The molecule has 0 saturated heterocycles. The Kier molecular flexibility index (Phi) is 4.24. The van der Waals surface area contributed by atoms with Crippen LogP contribution >= 0.6 is 22.6 Å². The highest BCUT2D eigenvalue weighted by Gasteiger charge is 2.21. The maximum Gasteiger partial charge on any atom is 0.124 e. The lowest BCUT2D eigenvalue weighted by molar-refractivity contribution is 0.254. The largest absolute Gasteiger partial charge is 0.496 e. The molecule has 4 heteroatoms. The van der Waals surface area contributed by atoms with E-state index in [1.807, 2.05) is 12.1 Å². The number of para-hydroxylation sites is 1. The number of fused-ring (bicyclic) bond motifs is 1. The predicted octanol–water partition coefficient (Wildman–Crippen LogP) is 4.24. The van der Waals surface area contributed by atoms with E-state index in [1.54, 1.807) is 7.11 Å². The number of hydrogen-bond acceptors (Lipinski definition) is 3. The van der Waals surface area contributed by atoms with Crippen molar-refractivity contribution in [3.8, 4) is 11.5 Å². The summed E-state index contributed by atoms with van der Waals surface area (Å²) < 4.78 is 12.6. The molecule has 2 aromatic carbocycles. The van der Waals surface area contributed by atoms with E-state index < -0.39 is 0 Å². The molecule has 1 unspecified atom stereocenters. The van der Waals surface area contributed by atoms with Gasteiger partial charge >= 0.3 is 0 Å². The highest BCUT2D eigenvalue weighted by Crippen LogP contribution is 2.35. The standard InChI is InChI=1S/C17H18INO2/c1-11-7-12-8-16(20-2)13(9-17(12)21-11)10-19-15-6-4-3-5-14(15)18/h3-6,8-9,11,19H,7,10H2,1-2H3. The van der Waals surface area contributed by atoms with E-state index in [-0.39, 0.29) is 6.10 Å². The summed E-state index contributed by atoms with van der Waals surface area (Å²) in [5.41, 5.74) is 3.48. The lowest BCUT2D eigenvalue weighted by Crippen LogP contribution is -2.05. The third-order valence-corrected chi connectivity index (χ3v) is 4.58. The van der Waals surface area contributed by atoms with E-state index in [0.717, 1.165) is 29.2 Å². The minimum atomic E-state index is 0.253. The average Bonchev–Trinajstić information content (AvgIpc) is 2.84. The second-order valence-corrected chi connectivity index (χ2v) is 6.40. The van der Waals surface area contributed by atoms with Gasteiger partial charge in [-0.25, -0.2) is 0 Å². The van der Waals surface area contributed by atoms with Gasteiger partial charge in [-0.05, 0) is 53.8 Å². The molecule has 1 heterocycles. The van der Waals surface area contributed by atoms with Crippen molar-refractivity contribution in [2.75, 3.05) is 12.4 Å². The molecule has 0 saturated carbocycles. The van der Waals surface area contributed by atoms with Crippen molar-refractivity contribution in [1.82, 2.24) is 0 Å². The van der Waals surface area contributed by atoms with Crippen molar-refractivity contribution >= 4 is 28.3 Å². The van der Waals surface area contributed by atoms with Crippen LogP contribution in [-0.4, -0.2) is 13.2 Å². The Morgan fingerprint density at radius 1 is 1.33 bits per heavy atom. The molecular weight excluding hydrogens is 377 g/mol. The van der Waals surface area contributed by atoms with Gasteiger partial charge in [0.2, 0.25) is 0 Å². The maximum atomic E-state index is 5.84. The van der Waals surface area contributed by atoms with Crippen LogP contribution in [0.4, 0.5) is 5.69 Å². The van der Waals surface area contributed by atoms with Crippen molar-refractivity contribution in [3.05, 3.63) is 51.1 Å². The molecule has 0 aromatic heterocycles. The highest BCUT2D eigenvalue weighted by molar-refractivity contribution is 14.1. The van der Waals surface area contributed by atoms with Crippen LogP contribution in [0.25, 0.3) is 0 Å². The number of anilines is 1. The first-order chi connectivity index (χ1) is 10.2. The molecule has 21 heavy (non-hydrogen) atoms. The molecule has 3 nitrogen and oxygen atoms in total. The second-order valence-electron chi connectivity index (χ2n) is 5.24. The van der Waals surface area contributed by atoms with Crippen LogP contribution < -0.4 is 14.8 Å². The Morgan fingerprint density at radius 2 is 2.14 bits per heavy atom. The van der Waals surface area contributed by atoms with E-state index in [4.69, 9.17) is 9.47 Å². The Morgan fingerprint density at radius 3 is 2.90 bits per heavy atom. The molecule has 0 fully saturated rings. The molecule has 3 rings (SSSR count). The van der Waals surface area contributed by atoms with Gasteiger partial charge in [-0.3, -0.25) is 0 Å². The van der Waals surface area contributed by atoms with Gasteiger partial charge in [0.1, 0.15) is 17.6 Å². The van der Waals surface area contributed by atoms with Crippen molar-refractivity contribution in [2.24, 2.45) is 0 Å². The summed E-state index contributed by atoms with van der Waals surface area (Å²) >= 11 is 2.33. The molecule has 0 radical (unpaired) electrons. The first-order valence-corrected chi connectivity index (χ1v) is 8.10. The molecule has 0 amide bonds. The van der Waals surface area contributed by atoms with E-state index in [9.17, 15) is 0 Å². The highest BCUT2D eigenvalue weighted by atomic mass is 127. The molecule has 1 atom stereocenters. The molecular formula is C17H18INO2. The summed E-state index contributed by atoms with van der Waals surface area (Å²) in [5.74, 6) is 1.91. The van der Waals surface area contributed by atoms with Crippen molar-refractivity contribution in [3.63, 3.8) is 0 Å². The number of benzene rings is 2. The zero-order valence-electron chi connectivity index (χ0n) is 12.2. The van der Waals surface area contributed by atoms with Gasteiger partial charge in [-0.15, -0.1) is 0 Å². The van der Waals surface area contributed by atoms with Crippen molar-refractivity contribution in [2.45, 2.75) is 26.0 Å². The van der Waals surface area contributed by atoms with Crippen LogP contribution in [0, 0.1) is 3.57 Å². The smallest absolute Gasteiger partial charge is 0.124 e. The number of nitrogens with one attached hydrogen (secondary N) is 1.